The Balaban J connectivity index is 4.09. The number of hydrogen-bond acceptors (Lipinski definition) is 0. The molecule has 2 heteroatoms. The van der Waals surface area contributed by atoms with Gasteiger partial charge in [-0.1, -0.05) is 0 Å². The van der Waals surface area contributed by atoms with Crippen molar-refractivity contribution in [3.8, 4) is 0 Å². The van der Waals surface area contributed by atoms with Crippen molar-refractivity contribution in [3.63, 3.8) is 0 Å². The monoisotopic (exact) mass is 286 g/mol. The van der Waals surface area contributed by atoms with Crippen LogP contribution in [0.2, 0.25) is 0 Å². The van der Waals surface area contributed by atoms with Gasteiger partial charge in [0.25, 0.3) is 0 Å². The first-order valence-electron chi connectivity index (χ1n) is 3.73. The van der Waals surface area contributed by atoms with Crippen molar-refractivity contribution >= 4 is 26.7 Å². The fourth-order valence-electron chi connectivity index (χ4n) is 1.06. The molecule has 0 nitrogen and oxygen atoms in total. The van der Waals surface area contributed by atoms with Crippen LogP contribution in [0.15, 0.2) is 38.0 Å². The van der Waals surface area contributed by atoms with Crippen molar-refractivity contribution in [3.05, 3.63) is 38.0 Å². The molecule has 0 spiro atoms. The molecule has 0 heterocycles. The molecule has 0 amide bonds. The van der Waals surface area contributed by atoms with Gasteiger partial charge in [0.05, 0.1) is 0 Å². The van der Waals surface area contributed by atoms with E-state index in [1.807, 2.05) is 40.0 Å². The number of hydrogen-bond donors (Lipinski definition) is 0. The van der Waals surface area contributed by atoms with Crippen molar-refractivity contribution in [1.82, 2.24) is 0 Å². The molecule has 11 heavy (non-hydrogen) atoms. The second-order valence-electron chi connectivity index (χ2n) is 2.70. The van der Waals surface area contributed by atoms with Crippen LogP contribution in [-0.2, 0) is 0 Å². The van der Waals surface area contributed by atoms with E-state index in [1.165, 1.54) is 18.5 Å². The molecule has 0 aromatic rings. The fraction of sp³-hybridized carbons (Fsp3) is 0.333. The summed E-state index contributed by atoms with van der Waals surface area (Å²) in [7, 11) is 0. The normalized spacial score (nSPS) is 12.1. The van der Waals surface area contributed by atoms with Gasteiger partial charge >= 0.3 is 83.2 Å². The second kappa shape index (κ2) is 6.01. The van der Waals surface area contributed by atoms with E-state index in [0.717, 1.165) is 0 Å². The molecule has 0 N–H and O–H groups in total. The Morgan fingerprint density at radius 1 is 0.909 bits per heavy atom. The summed E-state index contributed by atoms with van der Waals surface area (Å²) in [5, 5.41) is 0. The van der Waals surface area contributed by atoms with E-state index in [9.17, 15) is 0 Å². The van der Waals surface area contributed by atoms with Gasteiger partial charge in [-0.05, 0) is 0 Å². The van der Waals surface area contributed by atoms with Crippen LogP contribution >= 0.6 is 4.95 Å². The van der Waals surface area contributed by atoms with E-state index < -0.39 is 4.95 Å². The van der Waals surface area contributed by atoms with Gasteiger partial charge in [-0.25, -0.2) is 0 Å². The van der Waals surface area contributed by atoms with E-state index in [2.05, 4.69) is 19.7 Å². The Labute approximate surface area is 83.1 Å². The fourth-order valence-corrected chi connectivity index (χ4v) is 6.48. The molecule has 0 saturated carbocycles. The van der Waals surface area contributed by atoms with Gasteiger partial charge in [-0.3, -0.25) is 0 Å². The van der Waals surface area contributed by atoms with E-state index in [1.54, 1.807) is 0 Å². The Morgan fingerprint density at radius 3 is 1.36 bits per heavy atom. The summed E-state index contributed by atoms with van der Waals surface area (Å²) >= 11 is 1.99. The van der Waals surface area contributed by atoms with Gasteiger partial charge in [-0.2, -0.15) is 0 Å². The molecule has 0 aliphatic carbocycles. The molecule has 0 rings (SSSR count). The van der Waals surface area contributed by atoms with Gasteiger partial charge in [0.2, 0.25) is 0 Å². The average molecular weight is 284 g/mol. The van der Waals surface area contributed by atoms with Crippen LogP contribution in [0.1, 0.15) is 0 Å². The molecule has 0 radical (unpaired) electrons. The van der Waals surface area contributed by atoms with Gasteiger partial charge in [0, 0.05) is 0 Å². The zero-order chi connectivity index (χ0) is 8.74. The van der Waals surface area contributed by atoms with Crippen molar-refractivity contribution in [2.24, 2.45) is 0 Å². The van der Waals surface area contributed by atoms with Crippen LogP contribution in [0.4, 0.5) is 0 Å². The maximum atomic E-state index is 3.78. The zero-order valence-corrected chi connectivity index (χ0v) is 10.5. The van der Waals surface area contributed by atoms with Gasteiger partial charge in [-0.15, -0.1) is 0 Å². The van der Waals surface area contributed by atoms with Crippen LogP contribution in [0.25, 0.3) is 0 Å². The van der Waals surface area contributed by atoms with Crippen molar-refractivity contribution in [2.45, 2.75) is 0 Å². The summed E-state index contributed by atoms with van der Waals surface area (Å²) < 4.78 is 0. The van der Waals surface area contributed by atoms with E-state index >= 15 is 0 Å². The van der Waals surface area contributed by atoms with Crippen LogP contribution in [0, 0.1) is 0 Å². The molecule has 0 aliphatic heterocycles. The minimum absolute atomic E-state index is 1.05. The number of allylic oxidation sites excluding steroid dienone is 3. The third kappa shape index (κ3) is 4.81. The summed E-state index contributed by atoms with van der Waals surface area (Å²) in [5.74, 6) is 0. The predicted octanol–water partition coefficient (Wildman–Crippen LogP) is 2.11. The van der Waals surface area contributed by atoms with Crippen molar-refractivity contribution < 1.29 is 0 Å². The first-order chi connectivity index (χ1) is 5.18. The Bertz CT molecular complexity index is 125. The molecule has 0 aliphatic rings. The molecular formula is C9H17PTe. The van der Waals surface area contributed by atoms with Gasteiger partial charge < -0.3 is 0 Å². The third-order valence-corrected chi connectivity index (χ3v) is 9.41. The first kappa shape index (κ1) is 11.4. The molecule has 0 atom stereocenters. The molecular weight excluding hydrogens is 267 g/mol. The van der Waals surface area contributed by atoms with Gasteiger partial charge in [0.15, 0.2) is 0 Å². The molecule has 0 bridgehead atoms. The summed E-state index contributed by atoms with van der Waals surface area (Å²) in [6, 6.07) is 0. The molecule has 0 unspecified atom stereocenters. The second-order valence-corrected chi connectivity index (χ2v) is 14.5. The third-order valence-electron chi connectivity index (χ3n) is 1.57. The van der Waals surface area contributed by atoms with Crippen molar-refractivity contribution in [1.29, 1.82) is 0 Å². The Kier molecular flexibility index (Phi) is 6.25. The predicted molar refractivity (Wildman–Crippen MR) is 60.7 cm³/mol. The molecule has 0 saturated heterocycles. The van der Waals surface area contributed by atoms with Crippen LogP contribution in [0.5, 0.6) is 0 Å². The molecule has 0 fully saturated rings. The molecule has 0 aromatic heterocycles. The summed E-state index contributed by atoms with van der Waals surface area (Å²) in [4.78, 5) is -1.05. The number of rotatable bonds is 6. The Hall–Kier alpha value is 0.440. The van der Waals surface area contributed by atoms with Crippen LogP contribution in [0.3, 0.4) is 0 Å². The first-order valence-corrected chi connectivity index (χ1v) is 10.1. The quantitative estimate of drug-likeness (QED) is 0.398. The van der Waals surface area contributed by atoms with Gasteiger partial charge in [0.1, 0.15) is 0 Å². The zero-order valence-electron chi connectivity index (χ0n) is 6.92. The topological polar surface area (TPSA) is 0 Å². The summed E-state index contributed by atoms with van der Waals surface area (Å²) in [6.07, 6.45) is 9.70. The maximum absolute atomic E-state index is 3.78. The van der Waals surface area contributed by atoms with Crippen LogP contribution in [-0.4, -0.2) is 40.2 Å². The molecule has 64 valence electrons. The minimum atomic E-state index is -1.05. The van der Waals surface area contributed by atoms with E-state index in [4.69, 9.17) is 0 Å². The Morgan fingerprint density at radius 2 is 1.18 bits per heavy atom. The average Bonchev–Trinajstić information content (AvgIpc) is 1.88. The molecule has 0 aromatic carbocycles. The SMILES string of the molecule is C=CC[PH]([TeH])(CC=C)CC=C. The summed E-state index contributed by atoms with van der Waals surface area (Å²) in [5.41, 5.74) is 0. The van der Waals surface area contributed by atoms with E-state index in [0.29, 0.717) is 0 Å². The van der Waals surface area contributed by atoms with Crippen LogP contribution < -0.4 is 0 Å². The summed E-state index contributed by atoms with van der Waals surface area (Å²) in [6.45, 7) is 11.4. The van der Waals surface area contributed by atoms with E-state index in [-0.39, 0.29) is 0 Å². The standard InChI is InChI=1S/C9H17PTe/c1-4-7-10(11,8-5-2)9-6-3/h4-6,10-11H,1-3,7-9H2. The van der Waals surface area contributed by atoms with Crippen molar-refractivity contribution in [2.75, 3.05) is 18.5 Å².